The zero-order chi connectivity index (χ0) is 12.3. The maximum atomic E-state index is 9.51. The third-order valence-electron chi connectivity index (χ3n) is 3.57. The van der Waals surface area contributed by atoms with Crippen LogP contribution in [0.2, 0.25) is 0 Å². The summed E-state index contributed by atoms with van der Waals surface area (Å²) in [4.78, 5) is 0. The standard InChI is InChI=1S/C15H20O2/c1-2-15(11-3-7-13(16)8-4-11)12-5-9-14(17)10-6-12/h3-5,7-8,14-17H,2,6,9-10H2,1H3. The quantitative estimate of drug-likeness (QED) is 0.784. The molecule has 0 heterocycles. The normalized spacial score (nSPS) is 22.0. The summed E-state index contributed by atoms with van der Waals surface area (Å²) in [6.07, 6.45) is 5.74. The largest absolute Gasteiger partial charge is 0.508 e. The molecule has 2 N–H and O–H groups in total. The van der Waals surface area contributed by atoms with E-state index in [1.165, 1.54) is 11.1 Å². The number of phenols is 1. The van der Waals surface area contributed by atoms with Crippen LogP contribution in [0.15, 0.2) is 35.9 Å². The number of aliphatic hydroxyl groups is 1. The molecule has 0 spiro atoms. The van der Waals surface area contributed by atoms with Crippen LogP contribution in [0.1, 0.15) is 44.1 Å². The van der Waals surface area contributed by atoms with E-state index in [1.54, 1.807) is 12.1 Å². The van der Waals surface area contributed by atoms with Gasteiger partial charge >= 0.3 is 0 Å². The first-order valence-corrected chi connectivity index (χ1v) is 6.36. The van der Waals surface area contributed by atoms with Crippen molar-refractivity contribution in [1.82, 2.24) is 0 Å². The van der Waals surface area contributed by atoms with Gasteiger partial charge in [-0.2, -0.15) is 0 Å². The van der Waals surface area contributed by atoms with E-state index in [-0.39, 0.29) is 6.10 Å². The predicted octanol–water partition coefficient (Wildman–Crippen LogP) is 3.36. The first kappa shape index (κ1) is 12.2. The van der Waals surface area contributed by atoms with Gasteiger partial charge in [0.05, 0.1) is 6.10 Å². The fourth-order valence-electron chi connectivity index (χ4n) is 2.58. The summed E-state index contributed by atoms with van der Waals surface area (Å²) >= 11 is 0. The number of phenolic OH excluding ortho intramolecular Hbond substituents is 1. The Balaban J connectivity index is 2.19. The van der Waals surface area contributed by atoms with Crippen LogP contribution in [0.3, 0.4) is 0 Å². The molecule has 1 aromatic carbocycles. The second-order valence-electron chi connectivity index (χ2n) is 4.76. The van der Waals surface area contributed by atoms with Crippen LogP contribution in [0.5, 0.6) is 5.75 Å². The molecule has 1 aromatic rings. The maximum Gasteiger partial charge on any atom is 0.115 e. The number of benzene rings is 1. The van der Waals surface area contributed by atoms with Crippen molar-refractivity contribution in [2.45, 2.75) is 44.6 Å². The molecule has 0 fully saturated rings. The summed E-state index contributed by atoms with van der Waals surface area (Å²) < 4.78 is 0. The van der Waals surface area contributed by atoms with Crippen molar-refractivity contribution in [2.75, 3.05) is 0 Å². The van der Waals surface area contributed by atoms with Gasteiger partial charge in [-0.25, -0.2) is 0 Å². The van der Waals surface area contributed by atoms with Gasteiger partial charge in [0.25, 0.3) is 0 Å². The lowest BCUT2D eigenvalue weighted by Crippen LogP contribution is -2.13. The highest BCUT2D eigenvalue weighted by Gasteiger charge is 2.19. The van der Waals surface area contributed by atoms with Gasteiger partial charge in [0.1, 0.15) is 5.75 Å². The van der Waals surface area contributed by atoms with Crippen molar-refractivity contribution < 1.29 is 10.2 Å². The molecule has 2 atom stereocenters. The Morgan fingerprint density at radius 2 is 2.00 bits per heavy atom. The van der Waals surface area contributed by atoms with E-state index < -0.39 is 0 Å². The number of aliphatic hydroxyl groups excluding tert-OH is 1. The van der Waals surface area contributed by atoms with Crippen LogP contribution in [-0.4, -0.2) is 16.3 Å². The Hall–Kier alpha value is -1.28. The number of aromatic hydroxyl groups is 1. The second kappa shape index (κ2) is 5.37. The van der Waals surface area contributed by atoms with Gasteiger partial charge in [0, 0.05) is 5.92 Å². The molecule has 0 aromatic heterocycles. The van der Waals surface area contributed by atoms with E-state index >= 15 is 0 Å². The van der Waals surface area contributed by atoms with E-state index in [2.05, 4.69) is 13.0 Å². The van der Waals surface area contributed by atoms with Crippen LogP contribution < -0.4 is 0 Å². The molecule has 0 bridgehead atoms. The molecule has 1 aliphatic rings. The molecule has 0 saturated heterocycles. The Bertz CT molecular complexity index is 392. The molecule has 2 heteroatoms. The van der Waals surface area contributed by atoms with E-state index in [0.717, 1.165) is 25.7 Å². The van der Waals surface area contributed by atoms with Crippen LogP contribution >= 0.6 is 0 Å². The summed E-state index contributed by atoms with van der Waals surface area (Å²) in [7, 11) is 0. The Morgan fingerprint density at radius 3 is 2.53 bits per heavy atom. The fourth-order valence-corrected chi connectivity index (χ4v) is 2.58. The molecule has 0 radical (unpaired) electrons. The lowest BCUT2D eigenvalue weighted by atomic mass is 9.82. The Morgan fingerprint density at radius 1 is 1.29 bits per heavy atom. The van der Waals surface area contributed by atoms with E-state index in [0.29, 0.717) is 11.7 Å². The highest BCUT2D eigenvalue weighted by molar-refractivity contribution is 5.34. The fraction of sp³-hybridized carbons (Fsp3) is 0.467. The molecule has 2 unspecified atom stereocenters. The van der Waals surface area contributed by atoms with Crippen LogP contribution in [0.25, 0.3) is 0 Å². The highest BCUT2D eigenvalue weighted by atomic mass is 16.3. The maximum absolute atomic E-state index is 9.51. The number of rotatable bonds is 3. The molecule has 0 saturated carbocycles. The summed E-state index contributed by atoms with van der Waals surface area (Å²) in [6, 6.07) is 7.48. The third-order valence-corrected chi connectivity index (χ3v) is 3.57. The zero-order valence-corrected chi connectivity index (χ0v) is 10.3. The molecular formula is C15H20O2. The van der Waals surface area contributed by atoms with Gasteiger partial charge in [-0.15, -0.1) is 0 Å². The molecular weight excluding hydrogens is 212 g/mol. The predicted molar refractivity (Wildman–Crippen MR) is 69.1 cm³/mol. The first-order valence-electron chi connectivity index (χ1n) is 6.36. The first-order chi connectivity index (χ1) is 8.20. The minimum absolute atomic E-state index is 0.156. The van der Waals surface area contributed by atoms with Crippen molar-refractivity contribution >= 4 is 0 Å². The number of hydrogen-bond donors (Lipinski definition) is 2. The minimum Gasteiger partial charge on any atom is -0.508 e. The van der Waals surface area contributed by atoms with Gasteiger partial charge in [-0.1, -0.05) is 30.7 Å². The molecule has 0 amide bonds. The smallest absolute Gasteiger partial charge is 0.115 e. The van der Waals surface area contributed by atoms with E-state index in [4.69, 9.17) is 0 Å². The molecule has 0 aliphatic heterocycles. The molecule has 1 aliphatic carbocycles. The third kappa shape index (κ3) is 2.89. The summed E-state index contributed by atoms with van der Waals surface area (Å²) in [5, 5.41) is 18.8. The van der Waals surface area contributed by atoms with Gasteiger partial charge in [0.2, 0.25) is 0 Å². The van der Waals surface area contributed by atoms with Crippen LogP contribution in [-0.2, 0) is 0 Å². The average molecular weight is 232 g/mol. The zero-order valence-electron chi connectivity index (χ0n) is 10.3. The van der Waals surface area contributed by atoms with Crippen molar-refractivity contribution in [3.05, 3.63) is 41.5 Å². The van der Waals surface area contributed by atoms with E-state index in [1.807, 2.05) is 12.1 Å². The van der Waals surface area contributed by atoms with Gasteiger partial charge in [-0.05, 0) is 43.4 Å². The molecule has 2 nitrogen and oxygen atoms in total. The Labute approximate surface area is 103 Å². The summed E-state index contributed by atoms with van der Waals surface area (Å²) in [6.45, 7) is 2.18. The number of hydrogen-bond acceptors (Lipinski definition) is 2. The van der Waals surface area contributed by atoms with Crippen LogP contribution in [0.4, 0.5) is 0 Å². The lowest BCUT2D eigenvalue weighted by Gasteiger charge is -2.24. The van der Waals surface area contributed by atoms with Crippen molar-refractivity contribution in [3.63, 3.8) is 0 Å². The van der Waals surface area contributed by atoms with E-state index in [9.17, 15) is 10.2 Å². The molecule has 17 heavy (non-hydrogen) atoms. The second-order valence-corrected chi connectivity index (χ2v) is 4.76. The highest BCUT2D eigenvalue weighted by Crippen LogP contribution is 2.34. The van der Waals surface area contributed by atoms with Gasteiger partial charge < -0.3 is 10.2 Å². The SMILES string of the molecule is CCC(C1=CCC(O)CC1)c1ccc(O)cc1. The lowest BCUT2D eigenvalue weighted by molar-refractivity contribution is 0.161. The topological polar surface area (TPSA) is 40.5 Å². The monoisotopic (exact) mass is 232 g/mol. The summed E-state index contributed by atoms with van der Waals surface area (Å²) in [5.74, 6) is 0.750. The Kier molecular flexibility index (Phi) is 3.85. The molecule has 2 rings (SSSR count). The van der Waals surface area contributed by atoms with Crippen molar-refractivity contribution in [1.29, 1.82) is 0 Å². The molecule has 92 valence electrons. The van der Waals surface area contributed by atoms with Crippen LogP contribution in [0, 0.1) is 0 Å². The van der Waals surface area contributed by atoms with Gasteiger partial charge in [-0.3, -0.25) is 0 Å². The van der Waals surface area contributed by atoms with Crippen molar-refractivity contribution in [2.24, 2.45) is 0 Å². The summed E-state index contributed by atoms with van der Waals surface area (Å²) in [5.41, 5.74) is 2.69. The van der Waals surface area contributed by atoms with Gasteiger partial charge in [0.15, 0.2) is 0 Å². The van der Waals surface area contributed by atoms with Crippen molar-refractivity contribution in [3.8, 4) is 5.75 Å². The number of allylic oxidation sites excluding steroid dienone is 1. The minimum atomic E-state index is -0.156. The average Bonchev–Trinajstić information content (AvgIpc) is 2.35.